The van der Waals surface area contributed by atoms with Crippen LogP contribution in [0.4, 0.5) is 0 Å². The highest BCUT2D eigenvalue weighted by Gasteiger charge is 2.38. The number of thioether (sulfide) groups is 1. The summed E-state index contributed by atoms with van der Waals surface area (Å²) in [5.74, 6) is 0.704. The third kappa shape index (κ3) is 6.07. The molecule has 94 valence electrons. The molecule has 0 aliphatic carbocycles. The number of nitro groups is 1. The Bertz CT molecular complexity index is 277. The van der Waals surface area contributed by atoms with Crippen LogP contribution < -0.4 is 0 Å². The van der Waals surface area contributed by atoms with E-state index in [4.69, 9.17) is 0 Å². The fourth-order valence-corrected chi connectivity index (χ4v) is 2.49. The van der Waals surface area contributed by atoms with Gasteiger partial charge in [-0.1, -0.05) is 11.8 Å². The molecule has 0 unspecified atom stereocenters. The van der Waals surface area contributed by atoms with Crippen molar-refractivity contribution in [2.75, 3.05) is 32.9 Å². The first-order valence-electron chi connectivity index (χ1n) is 5.17. The van der Waals surface area contributed by atoms with Gasteiger partial charge < -0.3 is 4.48 Å². The number of quaternary nitrogens is 1. The van der Waals surface area contributed by atoms with Crippen LogP contribution in [0, 0.1) is 10.1 Å². The smallest absolute Gasteiger partial charge is 0.264 e. The van der Waals surface area contributed by atoms with Gasteiger partial charge >= 0.3 is 0 Å². The van der Waals surface area contributed by atoms with Crippen LogP contribution in [-0.4, -0.2) is 53.0 Å². The molecule has 0 radical (unpaired) electrons. The van der Waals surface area contributed by atoms with Crippen molar-refractivity contribution in [2.45, 2.75) is 26.3 Å². The predicted molar refractivity (Wildman–Crippen MR) is 66.1 cm³/mol. The van der Waals surface area contributed by atoms with Gasteiger partial charge in [-0.15, -0.1) is 0 Å². The van der Waals surface area contributed by atoms with Gasteiger partial charge in [-0.05, 0) is 0 Å². The number of hydrogen-bond donors (Lipinski definition) is 0. The molecule has 0 fully saturated rings. The van der Waals surface area contributed by atoms with Crippen LogP contribution in [0.5, 0.6) is 0 Å². The van der Waals surface area contributed by atoms with Crippen molar-refractivity contribution in [2.24, 2.45) is 0 Å². The third-order valence-corrected chi connectivity index (χ3v) is 3.10. The lowest BCUT2D eigenvalue weighted by Gasteiger charge is -2.33. The summed E-state index contributed by atoms with van der Waals surface area (Å²) in [5.41, 5.74) is -0.926. The van der Waals surface area contributed by atoms with Crippen LogP contribution in [0.3, 0.4) is 0 Å². The van der Waals surface area contributed by atoms with Crippen molar-refractivity contribution >= 4 is 16.9 Å². The van der Waals surface area contributed by atoms with Crippen LogP contribution in [-0.2, 0) is 4.79 Å². The van der Waals surface area contributed by atoms with Gasteiger partial charge in [0.25, 0.3) is 5.54 Å². The highest BCUT2D eigenvalue weighted by molar-refractivity contribution is 8.13. The van der Waals surface area contributed by atoms with Crippen LogP contribution >= 0.6 is 11.8 Å². The van der Waals surface area contributed by atoms with E-state index >= 15 is 0 Å². The van der Waals surface area contributed by atoms with E-state index in [1.807, 2.05) is 14.1 Å². The van der Waals surface area contributed by atoms with E-state index in [0.29, 0.717) is 16.8 Å². The highest BCUT2D eigenvalue weighted by Crippen LogP contribution is 2.14. The fourth-order valence-electron chi connectivity index (χ4n) is 1.62. The standard InChI is InChI=1S/C10H21N2O3S/c1-9(13)16-7-6-12(4,5)8-10(2,3)11(14)15/h6-8H2,1-5H3/q+1. The Morgan fingerprint density at radius 2 is 1.94 bits per heavy atom. The Hall–Kier alpha value is -0.620. The van der Waals surface area contributed by atoms with E-state index in [1.54, 1.807) is 13.8 Å². The molecule has 0 aromatic heterocycles. The topological polar surface area (TPSA) is 60.2 Å². The average Bonchev–Trinajstić information content (AvgIpc) is 1.99. The second-order valence-electron chi connectivity index (χ2n) is 5.23. The molecule has 0 N–H and O–H groups in total. The van der Waals surface area contributed by atoms with Gasteiger partial charge in [0, 0.05) is 25.7 Å². The second-order valence-corrected chi connectivity index (χ2v) is 6.50. The van der Waals surface area contributed by atoms with Crippen molar-refractivity contribution in [1.82, 2.24) is 0 Å². The molecule has 0 aliphatic rings. The molecule has 0 rings (SSSR count). The first kappa shape index (κ1) is 15.4. The zero-order valence-corrected chi connectivity index (χ0v) is 11.5. The van der Waals surface area contributed by atoms with Gasteiger partial charge in [-0.3, -0.25) is 14.9 Å². The molecule has 6 heteroatoms. The highest BCUT2D eigenvalue weighted by atomic mass is 32.2. The third-order valence-electron chi connectivity index (χ3n) is 2.31. The summed E-state index contributed by atoms with van der Waals surface area (Å²) in [6.45, 7) is 6.00. The zero-order chi connectivity index (χ0) is 13.0. The molecular formula is C10H21N2O3S+. The van der Waals surface area contributed by atoms with E-state index in [0.717, 1.165) is 6.54 Å². The summed E-state index contributed by atoms with van der Waals surface area (Å²) in [5, 5.41) is 10.9. The van der Waals surface area contributed by atoms with Gasteiger partial charge in [0.2, 0.25) is 0 Å². The minimum absolute atomic E-state index is 0.0912. The van der Waals surface area contributed by atoms with Crippen LogP contribution in [0.1, 0.15) is 20.8 Å². The molecule has 0 atom stereocenters. The number of hydrogen-bond acceptors (Lipinski definition) is 4. The summed E-state index contributed by atoms with van der Waals surface area (Å²) in [4.78, 5) is 21.3. The summed E-state index contributed by atoms with van der Waals surface area (Å²) in [7, 11) is 3.90. The van der Waals surface area contributed by atoms with Crippen molar-refractivity contribution < 1.29 is 14.2 Å². The molecule has 16 heavy (non-hydrogen) atoms. The lowest BCUT2D eigenvalue weighted by Crippen LogP contribution is -2.53. The van der Waals surface area contributed by atoms with E-state index in [2.05, 4.69) is 0 Å². The molecule has 0 aromatic carbocycles. The molecule has 0 aliphatic heterocycles. The second kappa shape index (κ2) is 5.63. The largest absolute Gasteiger partial charge is 0.322 e. The quantitative estimate of drug-likeness (QED) is 0.405. The Morgan fingerprint density at radius 1 is 1.44 bits per heavy atom. The zero-order valence-electron chi connectivity index (χ0n) is 10.6. The predicted octanol–water partition coefficient (Wildman–Crippen LogP) is 1.40. The molecule has 0 bridgehead atoms. The Labute approximate surface area is 101 Å². The van der Waals surface area contributed by atoms with Crippen molar-refractivity contribution in [3.05, 3.63) is 10.1 Å². The number of carbonyl (C=O) groups excluding carboxylic acids is 1. The molecule has 0 spiro atoms. The number of likely N-dealkylation sites (N-methyl/N-ethyl adjacent to an activating group) is 1. The molecular weight excluding hydrogens is 228 g/mol. The van der Waals surface area contributed by atoms with Gasteiger partial charge in [0.05, 0.1) is 26.4 Å². The Balaban J connectivity index is 4.23. The molecule has 5 nitrogen and oxygen atoms in total. The van der Waals surface area contributed by atoms with Crippen LogP contribution in [0.15, 0.2) is 0 Å². The molecule has 0 aromatic rings. The first-order chi connectivity index (χ1) is 7.07. The summed E-state index contributed by atoms with van der Waals surface area (Å²) < 4.78 is 0.550. The van der Waals surface area contributed by atoms with Crippen molar-refractivity contribution in [1.29, 1.82) is 0 Å². The number of carbonyl (C=O) groups is 1. The maximum Gasteiger partial charge on any atom is 0.264 e. The van der Waals surface area contributed by atoms with E-state index in [-0.39, 0.29) is 10.0 Å². The van der Waals surface area contributed by atoms with Gasteiger partial charge in [0.15, 0.2) is 5.12 Å². The number of rotatable bonds is 6. The Kier molecular flexibility index (Phi) is 5.41. The minimum Gasteiger partial charge on any atom is -0.322 e. The van der Waals surface area contributed by atoms with Crippen LogP contribution in [0.2, 0.25) is 0 Å². The SMILES string of the molecule is CC(=O)SCC[N+](C)(C)CC(C)(C)[N+](=O)[O-]. The monoisotopic (exact) mass is 249 g/mol. The summed E-state index contributed by atoms with van der Waals surface area (Å²) >= 11 is 1.27. The number of nitrogens with zero attached hydrogens (tertiary/aromatic N) is 2. The Morgan fingerprint density at radius 3 is 2.31 bits per heavy atom. The maximum atomic E-state index is 10.8. The molecule has 0 saturated carbocycles. The van der Waals surface area contributed by atoms with E-state index < -0.39 is 5.54 Å². The molecule has 0 heterocycles. The van der Waals surface area contributed by atoms with Gasteiger partial charge in [0.1, 0.15) is 6.54 Å². The lowest BCUT2D eigenvalue weighted by atomic mass is 10.1. The minimum atomic E-state index is -0.926. The van der Waals surface area contributed by atoms with Gasteiger partial charge in [-0.25, -0.2) is 0 Å². The maximum absolute atomic E-state index is 10.8. The van der Waals surface area contributed by atoms with Gasteiger partial charge in [-0.2, -0.15) is 0 Å². The lowest BCUT2D eigenvalue weighted by molar-refractivity contribution is -0.904. The molecule has 0 saturated heterocycles. The van der Waals surface area contributed by atoms with Crippen LogP contribution in [0.25, 0.3) is 0 Å². The molecule has 0 amide bonds. The van der Waals surface area contributed by atoms with Crippen molar-refractivity contribution in [3.8, 4) is 0 Å². The normalized spacial score (nSPS) is 12.6. The van der Waals surface area contributed by atoms with E-state index in [9.17, 15) is 14.9 Å². The summed E-state index contributed by atoms with van der Waals surface area (Å²) in [6, 6.07) is 0. The first-order valence-corrected chi connectivity index (χ1v) is 6.15. The average molecular weight is 249 g/mol. The fraction of sp³-hybridized carbons (Fsp3) is 0.900. The summed E-state index contributed by atoms with van der Waals surface area (Å²) in [6.07, 6.45) is 0. The van der Waals surface area contributed by atoms with Crippen molar-refractivity contribution in [3.63, 3.8) is 0 Å². The van der Waals surface area contributed by atoms with E-state index in [1.165, 1.54) is 18.7 Å².